The number of aliphatic hydroxyl groups is 1. The van der Waals surface area contributed by atoms with Crippen molar-refractivity contribution in [2.45, 2.75) is 51.6 Å². The largest absolute Gasteiger partial charge is 0.416 e. The second kappa shape index (κ2) is 8.54. The summed E-state index contributed by atoms with van der Waals surface area (Å²) in [5.74, 6) is -0.0355. The fourth-order valence-electron chi connectivity index (χ4n) is 3.20. The maximum absolute atomic E-state index is 12.9. The normalized spacial score (nSPS) is 15.9. The molecule has 2 aromatic rings. The van der Waals surface area contributed by atoms with E-state index < -0.39 is 17.8 Å². The minimum absolute atomic E-state index is 0.124. The number of nitrogens with one attached hydrogen (secondary N) is 1. The van der Waals surface area contributed by atoms with Gasteiger partial charge in [-0.05, 0) is 25.0 Å². The van der Waals surface area contributed by atoms with Crippen molar-refractivity contribution in [2.75, 3.05) is 13.1 Å². The lowest BCUT2D eigenvalue weighted by atomic mass is 10.0. The van der Waals surface area contributed by atoms with Gasteiger partial charge < -0.3 is 19.8 Å². The topological polar surface area (TPSA) is 78.6 Å². The van der Waals surface area contributed by atoms with E-state index in [2.05, 4.69) is 10.5 Å². The van der Waals surface area contributed by atoms with Crippen LogP contribution in [0.15, 0.2) is 28.8 Å². The molecule has 1 aliphatic heterocycles. The molecule has 1 saturated heterocycles. The van der Waals surface area contributed by atoms with Crippen LogP contribution in [-0.2, 0) is 12.7 Å². The molecular formula is C20H24F3N3O3. The summed E-state index contributed by atoms with van der Waals surface area (Å²) in [6, 6.07) is 4.70. The minimum atomic E-state index is -4.43. The number of hydrogen-bond acceptors (Lipinski definition) is 5. The molecule has 9 heteroatoms. The third-order valence-electron chi connectivity index (χ3n) is 4.90. The average Bonchev–Trinajstić information content (AvgIpc) is 3.09. The van der Waals surface area contributed by atoms with Gasteiger partial charge in [0, 0.05) is 36.8 Å². The van der Waals surface area contributed by atoms with Crippen LogP contribution in [0.4, 0.5) is 13.2 Å². The summed E-state index contributed by atoms with van der Waals surface area (Å²) in [7, 11) is 0. The number of amides is 1. The fraction of sp³-hybridized carbons (Fsp3) is 0.500. The molecule has 0 unspecified atom stereocenters. The van der Waals surface area contributed by atoms with Gasteiger partial charge in [0.05, 0.1) is 11.7 Å². The van der Waals surface area contributed by atoms with E-state index in [1.807, 2.05) is 13.8 Å². The van der Waals surface area contributed by atoms with Gasteiger partial charge in [-0.2, -0.15) is 13.2 Å². The van der Waals surface area contributed by atoms with Gasteiger partial charge in [0.15, 0.2) is 11.5 Å². The Morgan fingerprint density at radius 2 is 1.90 bits per heavy atom. The Balaban J connectivity index is 1.92. The Morgan fingerprint density at radius 1 is 1.28 bits per heavy atom. The standard InChI is InChI=1S/C20H24F3N3O3/c1-12(2)24-11-16-17(19(28)26-9-7-15(27)8-10-26)25-29-18(16)13-3-5-14(6-4-13)20(21,22)23/h3-6,12,15,24,27H,7-11H2,1-2H3. The molecule has 0 atom stereocenters. The lowest BCUT2D eigenvalue weighted by Gasteiger charge is -2.29. The Labute approximate surface area is 166 Å². The van der Waals surface area contributed by atoms with Crippen molar-refractivity contribution in [1.82, 2.24) is 15.4 Å². The van der Waals surface area contributed by atoms with Gasteiger partial charge >= 0.3 is 6.18 Å². The summed E-state index contributed by atoms with van der Waals surface area (Å²) >= 11 is 0. The van der Waals surface area contributed by atoms with Crippen molar-refractivity contribution in [2.24, 2.45) is 0 Å². The number of aliphatic hydroxyl groups excluding tert-OH is 1. The van der Waals surface area contributed by atoms with E-state index in [0.29, 0.717) is 37.1 Å². The van der Waals surface area contributed by atoms with Crippen LogP contribution in [-0.4, -0.2) is 46.3 Å². The smallest absolute Gasteiger partial charge is 0.393 e. The zero-order chi connectivity index (χ0) is 21.2. The number of carbonyl (C=O) groups is 1. The molecule has 0 saturated carbocycles. The van der Waals surface area contributed by atoms with Crippen LogP contribution in [0.5, 0.6) is 0 Å². The van der Waals surface area contributed by atoms with Gasteiger partial charge in [-0.15, -0.1) is 0 Å². The van der Waals surface area contributed by atoms with Gasteiger partial charge in [-0.3, -0.25) is 4.79 Å². The molecule has 0 radical (unpaired) electrons. The summed E-state index contributed by atoms with van der Waals surface area (Å²) < 4.78 is 43.9. The Hall–Kier alpha value is -2.39. The highest BCUT2D eigenvalue weighted by Crippen LogP contribution is 2.33. The van der Waals surface area contributed by atoms with Gasteiger partial charge in [0.1, 0.15) is 0 Å². The van der Waals surface area contributed by atoms with Crippen molar-refractivity contribution in [1.29, 1.82) is 0 Å². The molecule has 0 aliphatic carbocycles. The maximum atomic E-state index is 12.9. The van der Waals surface area contributed by atoms with Crippen LogP contribution in [0.2, 0.25) is 0 Å². The van der Waals surface area contributed by atoms with Gasteiger partial charge in [-0.25, -0.2) is 0 Å². The number of aromatic nitrogens is 1. The van der Waals surface area contributed by atoms with Crippen molar-refractivity contribution in [3.63, 3.8) is 0 Å². The van der Waals surface area contributed by atoms with Crippen molar-refractivity contribution >= 4 is 5.91 Å². The van der Waals surface area contributed by atoms with Gasteiger partial charge in [0.25, 0.3) is 5.91 Å². The lowest BCUT2D eigenvalue weighted by Crippen LogP contribution is -2.40. The van der Waals surface area contributed by atoms with E-state index in [4.69, 9.17) is 4.52 Å². The van der Waals surface area contributed by atoms with Crippen LogP contribution in [0.25, 0.3) is 11.3 Å². The van der Waals surface area contributed by atoms with E-state index >= 15 is 0 Å². The molecule has 2 N–H and O–H groups in total. The average molecular weight is 411 g/mol. The van der Waals surface area contributed by atoms with Crippen molar-refractivity contribution in [3.05, 3.63) is 41.1 Å². The number of halogens is 3. The molecule has 0 spiro atoms. The third-order valence-corrected chi connectivity index (χ3v) is 4.90. The zero-order valence-electron chi connectivity index (χ0n) is 16.3. The number of rotatable bonds is 5. The third kappa shape index (κ3) is 4.97. The van der Waals surface area contributed by atoms with Crippen molar-refractivity contribution in [3.8, 4) is 11.3 Å². The SMILES string of the molecule is CC(C)NCc1c(C(=O)N2CCC(O)CC2)noc1-c1ccc(C(F)(F)F)cc1. The molecular weight excluding hydrogens is 387 g/mol. The molecule has 0 bridgehead atoms. The maximum Gasteiger partial charge on any atom is 0.416 e. The summed E-state index contributed by atoms with van der Waals surface area (Å²) in [5.41, 5.74) is 0.309. The molecule has 1 aromatic heterocycles. The molecule has 1 aromatic carbocycles. The number of alkyl halides is 3. The van der Waals surface area contributed by atoms with Crippen LogP contribution in [0, 0.1) is 0 Å². The summed E-state index contributed by atoms with van der Waals surface area (Å²) in [5, 5.41) is 16.8. The van der Waals surface area contributed by atoms with Gasteiger partial charge in [-0.1, -0.05) is 31.1 Å². The van der Waals surface area contributed by atoms with E-state index in [0.717, 1.165) is 12.1 Å². The highest BCUT2D eigenvalue weighted by Gasteiger charge is 2.32. The predicted molar refractivity (Wildman–Crippen MR) is 100 cm³/mol. The quantitative estimate of drug-likeness (QED) is 0.788. The first kappa shape index (κ1) is 21.3. The molecule has 1 amide bonds. The second-order valence-electron chi connectivity index (χ2n) is 7.47. The summed E-state index contributed by atoms with van der Waals surface area (Å²) in [6.45, 7) is 5.01. The Bertz CT molecular complexity index is 839. The molecule has 1 aliphatic rings. The first-order valence-electron chi connectivity index (χ1n) is 9.53. The molecule has 3 rings (SSSR count). The number of hydrogen-bond donors (Lipinski definition) is 2. The van der Waals surface area contributed by atoms with E-state index in [-0.39, 0.29) is 29.9 Å². The highest BCUT2D eigenvalue weighted by atomic mass is 19.4. The Morgan fingerprint density at radius 3 is 2.45 bits per heavy atom. The number of piperidine rings is 1. The predicted octanol–water partition coefficient (Wildman–Crippen LogP) is 3.46. The Kier molecular flexibility index (Phi) is 6.28. The number of benzene rings is 1. The number of likely N-dealkylation sites (tertiary alicyclic amines) is 1. The molecule has 6 nitrogen and oxygen atoms in total. The van der Waals surface area contributed by atoms with Crippen LogP contribution in [0.1, 0.15) is 48.3 Å². The highest BCUT2D eigenvalue weighted by molar-refractivity contribution is 5.95. The summed E-state index contributed by atoms with van der Waals surface area (Å²) in [4.78, 5) is 14.6. The van der Waals surface area contributed by atoms with Crippen molar-refractivity contribution < 1.29 is 27.6 Å². The first-order chi connectivity index (χ1) is 13.7. The van der Waals surface area contributed by atoms with Crippen LogP contribution < -0.4 is 5.32 Å². The number of carbonyl (C=O) groups excluding carboxylic acids is 1. The molecule has 2 heterocycles. The van der Waals surface area contributed by atoms with Crippen LogP contribution in [0.3, 0.4) is 0 Å². The van der Waals surface area contributed by atoms with E-state index in [9.17, 15) is 23.1 Å². The molecule has 29 heavy (non-hydrogen) atoms. The number of nitrogens with zero attached hydrogens (tertiary/aromatic N) is 2. The van der Waals surface area contributed by atoms with E-state index in [1.165, 1.54) is 12.1 Å². The van der Waals surface area contributed by atoms with E-state index in [1.54, 1.807) is 4.90 Å². The second-order valence-corrected chi connectivity index (χ2v) is 7.47. The lowest BCUT2D eigenvalue weighted by molar-refractivity contribution is -0.137. The zero-order valence-corrected chi connectivity index (χ0v) is 16.3. The first-order valence-corrected chi connectivity index (χ1v) is 9.53. The fourth-order valence-corrected chi connectivity index (χ4v) is 3.20. The van der Waals surface area contributed by atoms with Gasteiger partial charge in [0.2, 0.25) is 0 Å². The summed E-state index contributed by atoms with van der Waals surface area (Å²) in [6.07, 6.45) is -3.85. The molecule has 158 valence electrons. The monoisotopic (exact) mass is 411 g/mol. The van der Waals surface area contributed by atoms with Crippen LogP contribution >= 0.6 is 0 Å². The minimum Gasteiger partial charge on any atom is -0.393 e. The molecule has 1 fully saturated rings.